The maximum atomic E-state index is 14.0. The average Bonchev–Trinajstić information content (AvgIpc) is 3.43. The molecule has 2 saturated carbocycles. The van der Waals surface area contributed by atoms with Gasteiger partial charge in [-0.25, -0.2) is 12.7 Å². The van der Waals surface area contributed by atoms with E-state index in [1.54, 1.807) is 4.31 Å². The highest BCUT2D eigenvalue weighted by Gasteiger charge is 2.72. The number of allylic oxidation sites excluding steroid dienone is 1. The second-order valence-corrected chi connectivity index (χ2v) is 15.2. The zero-order chi connectivity index (χ0) is 26.8. The summed E-state index contributed by atoms with van der Waals surface area (Å²) < 4.78 is 29.7. The Morgan fingerprint density at radius 2 is 1.92 bits per heavy atom. The fourth-order valence-corrected chi connectivity index (χ4v) is 11.1. The molecule has 208 valence electrons. The van der Waals surface area contributed by atoms with E-state index in [2.05, 4.69) is 60.9 Å². The highest BCUT2D eigenvalue weighted by atomic mass is 32.2. The van der Waals surface area contributed by atoms with E-state index in [0.717, 1.165) is 38.6 Å². The van der Waals surface area contributed by atoms with E-state index in [0.29, 0.717) is 32.5 Å². The summed E-state index contributed by atoms with van der Waals surface area (Å²) in [6.45, 7) is 6.98. The first kappa shape index (κ1) is 26.5. The molecule has 5 aliphatic rings. The Hall–Kier alpha value is -1.74. The summed E-state index contributed by atoms with van der Waals surface area (Å²) in [5, 5.41) is 18.5. The zero-order valence-electron chi connectivity index (χ0n) is 22.8. The number of carbonyl (C=O) groups excluding carboxylic acids is 1. The number of carbonyl (C=O) groups is 1. The fourth-order valence-electron chi connectivity index (χ4n) is 8.81. The van der Waals surface area contributed by atoms with Gasteiger partial charge in [-0.05, 0) is 74.0 Å². The summed E-state index contributed by atoms with van der Waals surface area (Å²) in [5.74, 6) is 0.0746. The molecule has 1 spiro atoms. The quantitative estimate of drug-likeness (QED) is 0.514. The van der Waals surface area contributed by atoms with E-state index >= 15 is 0 Å². The molecule has 2 bridgehead atoms. The lowest BCUT2D eigenvalue weighted by atomic mass is 9.64. The largest absolute Gasteiger partial charge is 0.387 e. The molecular formula is C30H43N3O4S. The van der Waals surface area contributed by atoms with Crippen LogP contribution in [-0.4, -0.2) is 67.8 Å². The topological polar surface area (TPSA) is 98.7 Å². The smallest absolute Gasteiger partial charge is 0.224 e. The Kier molecular flexibility index (Phi) is 6.38. The molecule has 0 aromatic heterocycles. The number of amides is 1. The summed E-state index contributed by atoms with van der Waals surface area (Å²) in [4.78, 5) is 12.9. The van der Waals surface area contributed by atoms with E-state index in [-0.39, 0.29) is 40.9 Å². The molecule has 1 aromatic carbocycles. The van der Waals surface area contributed by atoms with E-state index in [4.69, 9.17) is 0 Å². The van der Waals surface area contributed by atoms with Crippen LogP contribution in [-0.2, 0) is 20.2 Å². The van der Waals surface area contributed by atoms with Crippen molar-refractivity contribution < 1.29 is 18.3 Å². The zero-order valence-corrected chi connectivity index (χ0v) is 23.7. The van der Waals surface area contributed by atoms with Gasteiger partial charge in [-0.15, -0.1) is 0 Å². The van der Waals surface area contributed by atoms with Crippen molar-refractivity contribution in [2.75, 3.05) is 38.5 Å². The summed E-state index contributed by atoms with van der Waals surface area (Å²) in [7, 11) is -3.61. The van der Waals surface area contributed by atoms with Crippen molar-refractivity contribution >= 4 is 22.0 Å². The van der Waals surface area contributed by atoms with Gasteiger partial charge in [-0.2, -0.15) is 0 Å². The van der Waals surface area contributed by atoms with Crippen molar-refractivity contribution in [2.24, 2.45) is 22.7 Å². The minimum Gasteiger partial charge on any atom is -0.387 e. The normalized spacial score (nSPS) is 35.4. The molecule has 1 amide bonds. The van der Waals surface area contributed by atoms with Crippen molar-refractivity contribution in [2.45, 2.75) is 69.8 Å². The first-order valence-electron chi connectivity index (χ1n) is 14.5. The van der Waals surface area contributed by atoms with Gasteiger partial charge in [0.25, 0.3) is 0 Å². The Balaban J connectivity index is 1.19. The SMILES string of the molecule is CC1(C)[C@@H]2CC[C@@]1(CS(=O)(=O)N1CCC3(C=Cc4ccccc43)CC1)[C@@](O)(CNC(=O)C1CCCNC1)C2. The molecule has 0 radical (unpaired) electrons. The average molecular weight is 542 g/mol. The predicted octanol–water partition coefficient (Wildman–Crippen LogP) is 3.05. The lowest BCUT2D eigenvalue weighted by molar-refractivity contribution is -0.130. The number of fused-ring (bicyclic) bond motifs is 4. The number of nitrogens with zero attached hydrogens (tertiary/aromatic N) is 1. The molecule has 2 aliphatic heterocycles. The van der Waals surface area contributed by atoms with Crippen LogP contribution in [0.3, 0.4) is 0 Å². The first-order chi connectivity index (χ1) is 18.0. The van der Waals surface area contributed by atoms with Gasteiger partial charge in [0.1, 0.15) is 0 Å². The molecule has 1 aromatic rings. The van der Waals surface area contributed by atoms with Crippen LogP contribution in [0, 0.1) is 22.7 Å². The number of rotatable bonds is 6. The van der Waals surface area contributed by atoms with Crippen LogP contribution < -0.4 is 10.6 Å². The van der Waals surface area contributed by atoms with Crippen molar-refractivity contribution in [1.82, 2.24) is 14.9 Å². The highest BCUT2D eigenvalue weighted by Crippen LogP contribution is 2.70. The van der Waals surface area contributed by atoms with Gasteiger partial charge in [0.15, 0.2) is 0 Å². The molecular weight excluding hydrogens is 498 g/mol. The molecule has 4 fully saturated rings. The van der Waals surface area contributed by atoms with Crippen LogP contribution in [0.1, 0.15) is 69.9 Å². The van der Waals surface area contributed by atoms with E-state index in [1.807, 2.05) is 0 Å². The second kappa shape index (κ2) is 9.15. The number of hydrogen-bond donors (Lipinski definition) is 3. The van der Waals surface area contributed by atoms with Gasteiger partial charge in [0, 0.05) is 37.0 Å². The molecule has 4 atom stereocenters. The Labute approximate surface area is 227 Å². The third-order valence-electron chi connectivity index (χ3n) is 11.4. The summed E-state index contributed by atoms with van der Waals surface area (Å²) in [6.07, 6.45) is 9.96. The van der Waals surface area contributed by atoms with Crippen molar-refractivity contribution in [1.29, 1.82) is 0 Å². The van der Waals surface area contributed by atoms with Crippen LogP contribution in [0.25, 0.3) is 6.08 Å². The number of piperidine rings is 2. The fraction of sp³-hybridized carbons (Fsp3) is 0.700. The first-order valence-corrected chi connectivity index (χ1v) is 16.1. The Bertz CT molecular complexity index is 1230. The molecule has 38 heavy (non-hydrogen) atoms. The van der Waals surface area contributed by atoms with Gasteiger partial charge >= 0.3 is 0 Å². The number of benzene rings is 1. The maximum absolute atomic E-state index is 14.0. The Morgan fingerprint density at radius 3 is 2.63 bits per heavy atom. The predicted molar refractivity (Wildman–Crippen MR) is 149 cm³/mol. The minimum absolute atomic E-state index is 0.0320. The van der Waals surface area contributed by atoms with Crippen molar-refractivity contribution in [3.8, 4) is 0 Å². The number of hydrogen-bond acceptors (Lipinski definition) is 5. The number of aliphatic hydroxyl groups is 1. The third-order valence-corrected chi connectivity index (χ3v) is 13.4. The molecule has 8 heteroatoms. The molecule has 1 unspecified atom stereocenters. The van der Waals surface area contributed by atoms with Crippen LogP contribution in [0.15, 0.2) is 30.3 Å². The molecule has 6 rings (SSSR count). The third kappa shape index (κ3) is 3.93. The molecule has 7 nitrogen and oxygen atoms in total. The lowest BCUT2D eigenvalue weighted by Gasteiger charge is -2.49. The summed E-state index contributed by atoms with van der Waals surface area (Å²) in [5.41, 5.74) is 0.138. The van der Waals surface area contributed by atoms with Crippen LogP contribution >= 0.6 is 0 Å². The van der Waals surface area contributed by atoms with E-state index in [9.17, 15) is 18.3 Å². The summed E-state index contributed by atoms with van der Waals surface area (Å²) in [6, 6.07) is 8.43. The molecule has 3 N–H and O–H groups in total. The van der Waals surface area contributed by atoms with Gasteiger partial charge in [0.2, 0.25) is 15.9 Å². The van der Waals surface area contributed by atoms with Crippen LogP contribution in [0.5, 0.6) is 0 Å². The lowest BCUT2D eigenvalue weighted by Crippen LogP contribution is -2.60. The second-order valence-electron chi connectivity index (χ2n) is 13.3. The number of nitrogens with one attached hydrogen (secondary N) is 2. The standard InChI is InChI=1S/C30H43N3O4S/c1-27(2)24-10-12-29(27,30(35,18-24)20-32-26(34)23-7-5-15-31-19-23)21-38(36,37)33-16-13-28(14-17-33)11-9-22-6-3-4-8-25(22)28/h3-4,6,8-9,11,23-24,31,35H,5,7,10,12-21H2,1-2H3,(H,32,34)/t23?,24-,29+,30+/m1/s1. The van der Waals surface area contributed by atoms with E-state index < -0.39 is 21.0 Å². The van der Waals surface area contributed by atoms with Crippen LogP contribution in [0.2, 0.25) is 0 Å². The Morgan fingerprint density at radius 1 is 1.16 bits per heavy atom. The van der Waals surface area contributed by atoms with Crippen molar-refractivity contribution in [3.05, 3.63) is 41.5 Å². The van der Waals surface area contributed by atoms with Gasteiger partial charge < -0.3 is 15.7 Å². The summed E-state index contributed by atoms with van der Waals surface area (Å²) >= 11 is 0. The molecule has 3 aliphatic carbocycles. The van der Waals surface area contributed by atoms with E-state index in [1.165, 1.54) is 11.1 Å². The maximum Gasteiger partial charge on any atom is 0.224 e. The van der Waals surface area contributed by atoms with Crippen LogP contribution in [0.4, 0.5) is 0 Å². The molecule has 2 saturated heterocycles. The van der Waals surface area contributed by atoms with Gasteiger partial charge in [-0.3, -0.25) is 4.79 Å². The number of sulfonamides is 1. The monoisotopic (exact) mass is 541 g/mol. The molecule has 2 heterocycles. The van der Waals surface area contributed by atoms with Gasteiger partial charge in [0.05, 0.1) is 17.3 Å². The van der Waals surface area contributed by atoms with Crippen molar-refractivity contribution in [3.63, 3.8) is 0 Å². The highest BCUT2D eigenvalue weighted by molar-refractivity contribution is 7.89. The minimum atomic E-state index is -3.61. The van der Waals surface area contributed by atoms with Gasteiger partial charge in [-0.1, -0.05) is 50.3 Å².